The monoisotopic (exact) mass is 487 g/mol. The van der Waals surface area contributed by atoms with Crippen LogP contribution in [0.1, 0.15) is 47.2 Å². The zero-order valence-electron chi connectivity index (χ0n) is 18.3. The first-order valence-electron chi connectivity index (χ1n) is 11.4. The van der Waals surface area contributed by atoms with Gasteiger partial charge >= 0.3 is 0 Å². The smallest absolute Gasteiger partial charge is 0.268 e. The third-order valence-corrected chi connectivity index (χ3v) is 7.52. The highest BCUT2D eigenvalue weighted by atomic mass is 35.5. The van der Waals surface area contributed by atoms with Gasteiger partial charge in [0, 0.05) is 47.9 Å². The Kier molecular flexibility index (Phi) is 5.90. The van der Waals surface area contributed by atoms with E-state index in [1.807, 2.05) is 0 Å². The number of aliphatic hydroxyl groups is 1. The fraction of sp³-hybridized carbons (Fsp3) is 0.440. The largest absolute Gasteiger partial charge is 0.372 e. The average molecular weight is 488 g/mol. The molecule has 0 radical (unpaired) electrons. The summed E-state index contributed by atoms with van der Waals surface area (Å²) in [5.41, 5.74) is 4.57. The van der Waals surface area contributed by atoms with Crippen molar-refractivity contribution in [3.63, 3.8) is 0 Å². The third-order valence-electron chi connectivity index (χ3n) is 6.89. The van der Waals surface area contributed by atoms with E-state index in [2.05, 4.69) is 4.90 Å². The van der Waals surface area contributed by atoms with Crippen molar-refractivity contribution < 1.29 is 14.7 Å². The van der Waals surface area contributed by atoms with Crippen molar-refractivity contribution in [3.8, 4) is 0 Å². The van der Waals surface area contributed by atoms with Gasteiger partial charge in [-0.25, -0.2) is 0 Å². The number of halogens is 2. The Morgan fingerprint density at radius 2 is 1.73 bits per heavy atom. The number of hydrogen-bond acceptors (Lipinski definition) is 4. The van der Waals surface area contributed by atoms with Crippen LogP contribution in [-0.4, -0.2) is 48.0 Å². The molecule has 1 atom stereocenters. The molecule has 8 heteroatoms. The number of primary amides is 1. The van der Waals surface area contributed by atoms with Gasteiger partial charge in [0.1, 0.15) is 0 Å². The van der Waals surface area contributed by atoms with E-state index in [-0.39, 0.29) is 26.7 Å². The Morgan fingerprint density at radius 1 is 1.09 bits per heavy atom. The Bertz CT molecular complexity index is 1100. The second kappa shape index (κ2) is 8.58. The molecule has 2 aromatic rings. The summed E-state index contributed by atoms with van der Waals surface area (Å²) in [6.45, 7) is 3.11. The number of amides is 2. The molecule has 174 valence electrons. The molecule has 2 saturated carbocycles. The topological polar surface area (TPSA) is 86.9 Å². The van der Waals surface area contributed by atoms with Crippen LogP contribution in [0.2, 0.25) is 10.0 Å². The highest BCUT2D eigenvalue weighted by Crippen LogP contribution is 2.49. The molecule has 2 aromatic carbocycles. The molecule has 5 rings (SSSR count). The SMILES string of the molecule is NC(=O)c1cc(Cl)c2c(c1)N(CCN(CC1CC1)CC1CC1)C(=O)C2(O)c1ccccc1Cl. The highest BCUT2D eigenvalue weighted by Gasteiger charge is 2.53. The predicted octanol–water partition coefficient (Wildman–Crippen LogP) is 3.80. The van der Waals surface area contributed by atoms with Crippen LogP contribution in [0.5, 0.6) is 0 Å². The van der Waals surface area contributed by atoms with Crippen molar-refractivity contribution in [3.05, 3.63) is 63.1 Å². The first kappa shape index (κ1) is 22.7. The molecule has 6 nitrogen and oxygen atoms in total. The lowest BCUT2D eigenvalue weighted by Gasteiger charge is -2.27. The molecule has 0 spiro atoms. The summed E-state index contributed by atoms with van der Waals surface area (Å²) in [6, 6.07) is 9.64. The molecule has 2 aliphatic carbocycles. The van der Waals surface area contributed by atoms with Gasteiger partial charge in [0.25, 0.3) is 5.91 Å². The van der Waals surface area contributed by atoms with E-state index in [4.69, 9.17) is 28.9 Å². The van der Waals surface area contributed by atoms with Crippen molar-refractivity contribution in [2.24, 2.45) is 17.6 Å². The minimum Gasteiger partial charge on any atom is -0.372 e. The quantitative estimate of drug-likeness (QED) is 0.562. The average Bonchev–Trinajstić information content (AvgIpc) is 3.70. The second-order valence-corrected chi connectivity index (χ2v) is 10.3. The lowest BCUT2D eigenvalue weighted by molar-refractivity contribution is -0.132. The van der Waals surface area contributed by atoms with Crippen molar-refractivity contribution >= 4 is 40.7 Å². The number of fused-ring (bicyclic) bond motifs is 1. The number of anilines is 1. The number of hydrogen-bond donors (Lipinski definition) is 2. The number of carbonyl (C=O) groups is 2. The highest BCUT2D eigenvalue weighted by molar-refractivity contribution is 6.35. The molecule has 1 heterocycles. The Balaban J connectivity index is 1.52. The van der Waals surface area contributed by atoms with E-state index in [0.29, 0.717) is 18.8 Å². The van der Waals surface area contributed by atoms with Crippen molar-refractivity contribution in [2.75, 3.05) is 31.1 Å². The molecule has 33 heavy (non-hydrogen) atoms. The standard InChI is InChI=1S/C25H27Cl2N3O3/c26-19-4-2-1-3-18(19)25(33)22-20(27)11-17(23(28)31)12-21(22)30(24(25)32)10-9-29(13-15-5-6-15)14-16-7-8-16/h1-4,11-12,15-16,33H,5-10,13-14H2,(H2,28,31). The van der Waals surface area contributed by atoms with Gasteiger partial charge in [-0.3, -0.25) is 9.59 Å². The zero-order valence-corrected chi connectivity index (χ0v) is 19.8. The first-order chi connectivity index (χ1) is 15.8. The number of carbonyl (C=O) groups excluding carboxylic acids is 2. The van der Waals surface area contributed by atoms with E-state index in [1.54, 1.807) is 30.3 Å². The molecule has 1 aliphatic heterocycles. The van der Waals surface area contributed by atoms with Crippen LogP contribution in [0.3, 0.4) is 0 Å². The number of benzene rings is 2. The van der Waals surface area contributed by atoms with E-state index in [1.165, 1.54) is 36.6 Å². The molecule has 0 saturated heterocycles. The van der Waals surface area contributed by atoms with Crippen LogP contribution in [-0.2, 0) is 10.4 Å². The van der Waals surface area contributed by atoms with Gasteiger partial charge in [0.15, 0.2) is 5.60 Å². The Labute approximate surface area is 203 Å². The summed E-state index contributed by atoms with van der Waals surface area (Å²) in [5, 5.41) is 12.2. The van der Waals surface area contributed by atoms with Crippen LogP contribution in [0.4, 0.5) is 5.69 Å². The fourth-order valence-corrected chi connectivity index (χ4v) is 5.40. The summed E-state index contributed by atoms with van der Waals surface area (Å²) < 4.78 is 0. The summed E-state index contributed by atoms with van der Waals surface area (Å²) >= 11 is 13.0. The van der Waals surface area contributed by atoms with Crippen LogP contribution < -0.4 is 10.6 Å². The minimum atomic E-state index is -2.04. The summed E-state index contributed by atoms with van der Waals surface area (Å²) in [5.74, 6) is 0.304. The van der Waals surface area contributed by atoms with Gasteiger partial charge in [-0.2, -0.15) is 0 Å². The lowest BCUT2D eigenvalue weighted by Crippen LogP contribution is -2.44. The Hall–Kier alpha value is -2.12. The molecule has 0 bridgehead atoms. The third kappa shape index (κ3) is 4.26. The summed E-state index contributed by atoms with van der Waals surface area (Å²) in [6.07, 6.45) is 5.04. The normalized spacial score (nSPS) is 22.2. The van der Waals surface area contributed by atoms with Gasteiger partial charge in [0.2, 0.25) is 5.91 Å². The second-order valence-electron chi connectivity index (χ2n) is 9.51. The van der Waals surface area contributed by atoms with Gasteiger partial charge in [-0.15, -0.1) is 0 Å². The van der Waals surface area contributed by atoms with Crippen LogP contribution >= 0.6 is 23.2 Å². The van der Waals surface area contributed by atoms with Crippen molar-refractivity contribution in [2.45, 2.75) is 31.3 Å². The Morgan fingerprint density at radius 3 is 2.30 bits per heavy atom. The summed E-state index contributed by atoms with van der Waals surface area (Å²) in [4.78, 5) is 29.7. The first-order valence-corrected chi connectivity index (χ1v) is 12.2. The maximum absolute atomic E-state index is 13.8. The van der Waals surface area contributed by atoms with E-state index in [9.17, 15) is 14.7 Å². The molecule has 2 fully saturated rings. The maximum atomic E-state index is 13.8. The van der Waals surface area contributed by atoms with E-state index < -0.39 is 17.4 Å². The van der Waals surface area contributed by atoms with Gasteiger partial charge < -0.3 is 20.6 Å². The number of nitrogens with zero attached hydrogens (tertiary/aromatic N) is 2. The number of nitrogens with two attached hydrogens (primary N) is 1. The zero-order chi connectivity index (χ0) is 23.3. The van der Waals surface area contributed by atoms with E-state index in [0.717, 1.165) is 24.9 Å². The molecule has 0 aromatic heterocycles. The molecule has 3 N–H and O–H groups in total. The van der Waals surface area contributed by atoms with Crippen molar-refractivity contribution in [1.82, 2.24) is 4.90 Å². The van der Waals surface area contributed by atoms with E-state index >= 15 is 0 Å². The van der Waals surface area contributed by atoms with Crippen LogP contribution in [0, 0.1) is 11.8 Å². The maximum Gasteiger partial charge on any atom is 0.268 e. The van der Waals surface area contributed by atoms with Crippen LogP contribution in [0.25, 0.3) is 0 Å². The minimum absolute atomic E-state index is 0.104. The van der Waals surface area contributed by atoms with Gasteiger partial charge in [-0.05, 0) is 55.7 Å². The molecule has 3 aliphatic rings. The van der Waals surface area contributed by atoms with Gasteiger partial charge in [0.05, 0.1) is 10.7 Å². The molecule has 2 amide bonds. The van der Waals surface area contributed by atoms with Crippen molar-refractivity contribution in [1.29, 1.82) is 0 Å². The fourth-order valence-electron chi connectivity index (χ4n) is 4.77. The molecular formula is C25H27Cl2N3O3. The summed E-state index contributed by atoms with van der Waals surface area (Å²) in [7, 11) is 0. The molecular weight excluding hydrogens is 461 g/mol. The van der Waals surface area contributed by atoms with Gasteiger partial charge in [-0.1, -0.05) is 41.4 Å². The lowest BCUT2D eigenvalue weighted by atomic mass is 9.87. The predicted molar refractivity (Wildman–Crippen MR) is 129 cm³/mol. The number of rotatable bonds is 9. The van der Waals surface area contributed by atoms with Crippen LogP contribution in [0.15, 0.2) is 36.4 Å². The molecule has 1 unspecified atom stereocenters.